The summed E-state index contributed by atoms with van der Waals surface area (Å²) in [5, 5.41) is 0.608. The molecular weight excluding hydrogens is 257 g/mol. The summed E-state index contributed by atoms with van der Waals surface area (Å²) >= 11 is 0. The number of hydrogen-bond donors (Lipinski definition) is 0. The quantitative estimate of drug-likeness (QED) is 0.833. The molecule has 2 aromatic carbocycles. The Labute approximate surface area is 108 Å². The van der Waals surface area contributed by atoms with Crippen molar-refractivity contribution in [3.05, 3.63) is 41.7 Å². The maximum atomic E-state index is 14.1. The molecule has 0 atom stereocenters. The van der Waals surface area contributed by atoms with E-state index in [9.17, 15) is 13.2 Å². The summed E-state index contributed by atoms with van der Waals surface area (Å²) in [6.07, 6.45) is -3.64. The lowest BCUT2D eigenvalue weighted by molar-refractivity contribution is -0.233. The Morgan fingerprint density at radius 1 is 1.16 bits per heavy atom. The SMILES string of the molecule is CCOc1ccc2c(F)c(C(F)(F)OC)ccc2c1. The van der Waals surface area contributed by atoms with Gasteiger partial charge in [0.2, 0.25) is 0 Å². The predicted molar refractivity (Wildman–Crippen MR) is 66.0 cm³/mol. The van der Waals surface area contributed by atoms with Gasteiger partial charge in [0, 0.05) is 12.5 Å². The molecule has 0 heterocycles. The lowest BCUT2D eigenvalue weighted by Crippen LogP contribution is -2.17. The van der Waals surface area contributed by atoms with E-state index in [1.165, 1.54) is 12.1 Å². The van der Waals surface area contributed by atoms with Crippen LogP contribution in [0.15, 0.2) is 30.3 Å². The van der Waals surface area contributed by atoms with Gasteiger partial charge in [-0.05, 0) is 36.6 Å². The average Bonchev–Trinajstić information content (AvgIpc) is 2.39. The molecule has 0 spiro atoms. The molecule has 102 valence electrons. The van der Waals surface area contributed by atoms with Crippen LogP contribution in [0.2, 0.25) is 0 Å². The van der Waals surface area contributed by atoms with Crippen LogP contribution in [0.25, 0.3) is 10.8 Å². The first-order valence-electron chi connectivity index (χ1n) is 5.78. The van der Waals surface area contributed by atoms with Crippen LogP contribution in [-0.4, -0.2) is 13.7 Å². The second-order valence-electron chi connectivity index (χ2n) is 3.96. The molecule has 0 unspecified atom stereocenters. The monoisotopic (exact) mass is 270 g/mol. The first kappa shape index (κ1) is 13.7. The summed E-state index contributed by atoms with van der Waals surface area (Å²) in [4.78, 5) is 0. The third-order valence-electron chi connectivity index (χ3n) is 2.81. The topological polar surface area (TPSA) is 18.5 Å². The van der Waals surface area contributed by atoms with E-state index in [1.54, 1.807) is 12.1 Å². The summed E-state index contributed by atoms with van der Waals surface area (Å²) in [5.74, 6) is -0.409. The number of methoxy groups -OCH3 is 1. The van der Waals surface area contributed by atoms with Crippen LogP contribution in [0.3, 0.4) is 0 Å². The second kappa shape index (κ2) is 5.09. The molecule has 0 aliphatic carbocycles. The van der Waals surface area contributed by atoms with Gasteiger partial charge in [0.05, 0.1) is 12.2 Å². The molecule has 2 nitrogen and oxygen atoms in total. The lowest BCUT2D eigenvalue weighted by atomic mass is 10.0. The summed E-state index contributed by atoms with van der Waals surface area (Å²) < 4.78 is 50.1. The van der Waals surface area contributed by atoms with Crippen LogP contribution in [0.5, 0.6) is 5.75 Å². The van der Waals surface area contributed by atoms with Gasteiger partial charge in [-0.3, -0.25) is 0 Å². The smallest absolute Gasteiger partial charge is 0.385 e. The van der Waals surface area contributed by atoms with E-state index in [-0.39, 0.29) is 5.39 Å². The summed E-state index contributed by atoms with van der Waals surface area (Å²) in [6.45, 7) is 2.31. The van der Waals surface area contributed by atoms with Crippen molar-refractivity contribution < 1.29 is 22.6 Å². The van der Waals surface area contributed by atoms with Crippen LogP contribution in [0, 0.1) is 5.82 Å². The molecule has 0 saturated heterocycles. The van der Waals surface area contributed by atoms with Crippen LogP contribution >= 0.6 is 0 Å². The first-order chi connectivity index (χ1) is 8.99. The van der Waals surface area contributed by atoms with Gasteiger partial charge in [0.15, 0.2) is 0 Å². The molecule has 0 radical (unpaired) electrons. The zero-order chi connectivity index (χ0) is 14.0. The van der Waals surface area contributed by atoms with Crippen molar-refractivity contribution in [2.45, 2.75) is 13.0 Å². The molecule has 2 rings (SSSR count). The highest BCUT2D eigenvalue weighted by Gasteiger charge is 2.35. The van der Waals surface area contributed by atoms with Crippen molar-refractivity contribution in [1.29, 1.82) is 0 Å². The summed E-state index contributed by atoms with van der Waals surface area (Å²) in [7, 11) is 0.835. The van der Waals surface area contributed by atoms with Crippen LogP contribution in [0.4, 0.5) is 13.2 Å². The molecule has 0 aliphatic heterocycles. The van der Waals surface area contributed by atoms with Crippen LogP contribution in [0.1, 0.15) is 12.5 Å². The first-order valence-corrected chi connectivity index (χ1v) is 5.78. The van der Waals surface area contributed by atoms with E-state index in [4.69, 9.17) is 4.74 Å². The van der Waals surface area contributed by atoms with Crippen molar-refractivity contribution in [3.8, 4) is 5.75 Å². The number of benzene rings is 2. The Bertz CT molecular complexity index is 597. The molecule has 0 bridgehead atoms. The van der Waals surface area contributed by atoms with Gasteiger partial charge < -0.3 is 9.47 Å². The molecule has 0 fully saturated rings. The highest BCUT2D eigenvalue weighted by Crippen LogP contribution is 2.34. The van der Waals surface area contributed by atoms with Crippen molar-refractivity contribution in [1.82, 2.24) is 0 Å². The zero-order valence-corrected chi connectivity index (χ0v) is 10.5. The summed E-state index contributed by atoms with van der Waals surface area (Å²) in [5.41, 5.74) is -0.772. The van der Waals surface area contributed by atoms with Gasteiger partial charge >= 0.3 is 6.11 Å². The van der Waals surface area contributed by atoms with Crippen molar-refractivity contribution in [2.75, 3.05) is 13.7 Å². The Morgan fingerprint density at radius 2 is 1.89 bits per heavy atom. The number of ether oxygens (including phenoxy) is 2. The zero-order valence-electron chi connectivity index (χ0n) is 10.5. The molecule has 5 heteroatoms. The van der Waals surface area contributed by atoms with Crippen molar-refractivity contribution >= 4 is 10.8 Å². The molecule has 0 saturated carbocycles. The summed E-state index contributed by atoms with van der Waals surface area (Å²) in [6, 6.07) is 7.02. The molecule has 19 heavy (non-hydrogen) atoms. The van der Waals surface area contributed by atoms with E-state index >= 15 is 0 Å². The molecule has 0 aliphatic rings. The maximum absolute atomic E-state index is 14.1. The Kier molecular flexibility index (Phi) is 3.66. The van der Waals surface area contributed by atoms with Gasteiger partial charge in [0.1, 0.15) is 11.6 Å². The predicted octanol–water partition coefficient (Wildman–Crippen LogP) is 4.07. The minimum atomic E-state index is -3.64. The standard InChI is InChI=1S/C14H13F3O2/c1-3-19-10-5-6-11-9(8-10)4-7-12(13(11)15)14(16,17)18-2/h4-8H,3H2,1-2H3. The molecule has 0 aromatic heterocycles. The fraction of sp³-hybridized carbons (Fsp3) is 0.286. The van der Waals surface area contributed by atoms with Gasteiger partial charge in [-0.15, -0.1) is 0 Å². The third-order valence-corrected chi connectivity index (χ3v) is 2.81. The highest BCUT2D eigenvalue weighted by atomic mass is 19.3. The largest absolute Gasteiger partial charge is 0.494 e. The number of halogens is 3. The fourth-order valence-electron chi connectivity index (χ4n) is 1.86. The number of alkyl halides is 2. The highest BCUT2D eigenvalue weighted by molar-refractivity contribution is 5.85. The lowest BCUT2D eigenvalue weighted by Gasteiger charge is -2.16. The second-order valence-corrected chi connectivity index (χ2v) is 3.96. The Balaban J connectivity index is 2.57. The van der Waals surface area contributed by atoms with E-state index < -0.39 is 17.5 Å². The maximum Gasteiger partial charge on any atom is 0.385 e. The van der Waals surface area contributed by atoms with Gasteiger partial charge in [0.25, 0.3) is 0 Å². The van der Waals surface area contributed by atoms with Gasteiger partial charge in [-0.25, -0.2) is 4.39 Å². The van der Waals surface area contributed by atoms with E-state index in [0.717, 1.165) is 13.2 Å². The number of fused-ring (bicyclic) bond motifs is 1. The normalized spacial score (nSPS) is 11.8. The molecule has 2 aromatic rings. The van der Waals surface area contributed by atoms with E-state index in [1.807, 2.05) is 6.92 Å². The third kappa shape index (κ3) is 2.51. The van der Waals surface area contributed by atoms with Gasteiger partial charge in [-0.2, -0.15) is 8.78 Å². The Morgan fingerprint density at radius 3 is 2.53 bits per heavy atom. The van der Waals surface area contributed by atoms with Crippen molar-refractivity contribution in [3.63, 3.8) is 0 Å². The molecule has 0 N–H and O–H groups in total. The van der Waals surface area contributed by atoms with E-state index in [0.29, 0.717) is 17.7 Å². The minimum absolute atomic E-state index is 0.109. The fourth-order valence-corrected chi connectivity index (χ4v) is 1.86. The Hall–Kier alpha value is -1.75. The van der Waals surface area contributed by atoms with Crippen LogP contribution in [-0.2, 0) is 10.8 Å². The van der Waals surface area contributed by atoms with Crippen molar-refractivity contribution in [2.24, 2.45) is 0 Å². The van der Waals surface area contributed by atoms with Crippen LogP contribution < -0.4 is 4.74 Å². The average molecular weight is 270 g/mol. The number of rotatable bonds is 4. The van der Waals surface area contributed by atoms with Gasteiger partial charge in [-0.1, -0.05) is 6.07 Å². The minimum Gasteiger partial charge on any atom is -0.494 e. The molecule has 0 amide bonds. The molecular formula is C14H13F3O2. The van der Waals surface area contributed by atoms with E-state index in [2.05, 4.69) is 4.74 Å². The number of hydrogen-bond acceptors (Lipinski definition) is 2.